The van der Waals surface area contributed by atoms with Crippen LogP contribution in [0.5, 0.6) is 17.2 Å². The number of nitrogens with two attached hydrogens (primary N) is 1. The summed E-state index contributed by atoms with van der Waals surface area (Å²) in [7, 11) is 0. The Bertz CT molecular complexity index is 3940. The van der Waals surface area contributed by atoms with Gasteiger partial charge in [0.05, 0.1) is 24.4 Å². The molecule has 12 N–H and O–H groups in total. The molecule has 2 saturated carbocycles. The second kappa shape index (κ2) is 21.3. The lowest BCUT2D eigenvalue weighted by Crippen LogP contribution is -2.59. The summed E-state index contributed by atoms with van der Waals surface area (Å²) < 4.78 is 21.9. The molecule has 3 aromatic carbocycles. The predicted octanol–water partition coefficient (Wildman–Crippen LogP) is 8.67. The molecular formula is C73H84N4O12. The number of esters is 1. The largest absolute Gasteiger partial charge is 0.508 e. The third-order valence-electron chi connectivity index (χ3n) is 23.5. The number of ether oxygens (including phenoxy) is 2. The fourth-order valence-electron chi connectivity index (χ4n) is 19.9. The van der Waals surface area contributed by atoms with Crippen molar-refractivity contribution >= 4 is 16.9 Å². The topological polar surface area (TPSA) is 269 Å². The second-order valence-corrected chi connectivity index (χ2v) is 28.7. The van der Waals surface area contributed by atoms with E-state index in [4.69, 9.17) is 19.6 Å². The van der Waals surface area contributed by atoms with Gasteiger partial charge in [-0.2, -0.15) is 0 Å². The number of fused-ring (bicyclic) bond motifs is 10. The minimum atomic E-state index is -1.67. The first kappa shape index (κ1) is 58.5. The van der Waals surface area contributed by atoms with Crippen LogP contribution >= 0.6 is 0 Å². The molecule has 4 aromatic rings. The van der Waals surface area contributed by atoms with E-state index in [0.29, 0.717) is 81.3 Å². The summed E-state index contributed by atoms with van der Waals surface area (Å²) in [5, 5.41) is 95.4. The first-order chi connectivity index (χ1) is 42.8. The van der Waals surface area contributed by atoms with Crippen molar-refractivity contribution in [2.75, 3.05) is 13.2 Å². The van der Waals surface area contributed by atoms with Gasteiger partial charge in [0.25, 0.3) is 0 Å². The van der Waals surface area contributed by atoms with E-state index in [9.17, 15) is 40.5 Å². The van der Waals surface area contributed by atoms with Crippen LogP contribution in [0.2, 0.25) is 0 Å². The van der Waals surface area contributed by atoms with Gasteiger partial charge in [0.2, 0.25) is 0 Å². The van der Waals surface area contributed by atoms with E-state index in [0.717, 1.165) is 50.6 Å². The molecule has 16 heteroatoms. The summed E-state index contributed by atoms with van der Waals surface area (Å²) >= 11 is 0. The molecular weight excluding hydrogens is 1120 g/mol. The first-order valence-corrected chi connectivity index (χ1v) is 32.7. The molecule has 17 atom stereocenters. The van der Waals surface area contributed by atoms with Gasteiger partial charge in [-0.1, -0.05) is 74.6 Å². The molecule has 8 bridgehead atoms. The van der Waals surface area contributed by atoms with Crippen molar-refractivity contribution in [2.45, 2.75) is 177 Å². The number of phenols is 2. The number of nitrogens with one attached hydrogen (secondary N) is 3. The van der Waals surface area contributed by atoms with Crippen molar-refractivity contribution in [3.05, 3.63) is 179 Å². The quantitative estimate of drug-likeness (QED) is 0.0425. The van der Waals surface area contributed by atoms with Crippen LogP contribution in [0.15, 0.2) is 134 Å². The van der Waals surface area contributed by atoms with Crippen molar-refractivity contribution in [3.63, 3.8) is 0 Å². The van der Waals surface area contributed by atoms with Gasteiger partial charge in [0.15, 0.2) is 5.43 Å². The normalized spacial score (nSPS) is 35.6. The summed E-state index contributed by atoms with van der Waals surface area (Å²) in [6, 6.07) is 12.8. The van der Waals surface area contributed by atoms with E-state index in [1.54, 1.807) is 25.1 Å². The van der Waals surface area contributed by atoms with E-state index in [-0.39, 0.29) is 99.9 Å². The summed E-state index contributed by atoms with van der Waals surface area (Å²) in [5.41, 5.74) is 13.5. The number of dihydropyridines is 2. The Morgan fingerprint density at radius 3 is 2.60 bits per heavy atom. The van der Waals surface area contributed by atoms with Crippen LogP contribution in [0, 0.1) is 41.4 Å². The zero-order valence-electron chi connectivity index (χ0n) is 51.4. The molecule has 2 fully saturated rings. The molecule has 0 saturated heterocycles. The number of benzene rings is 3. The van der Waals surface area contributed by atoms with E-state index < -0.39 is 89.0 Å². The van der Waals surface area contributed by atoms with Crippen LogP contribution in [0.1, 0.15) is 161 Å². The van der Waals surface area contributed by atoms with Crippen LogP contribution < -0.4 is 31.8 Å². The number of aliphatic hydroxyl groups is 5. The molecule has 1 aromatic heterocycles. The number of allylic oxidation sites excluding steroid dienone is 7. The van der Waals surface area contributed by atoms with E-state index in [1.807, 2.05) is 25.1 Å². The Hall–Kier alpha value is -6.92. The van der Waals surface area contributed by atoms with E-state index >= 15 is 4.79 Å². The van der Waals surface area contributed by atoms with Gasteiger partial charge in [-0.25, -0.2) is 4.79 Å². The van der Waals surface area contributed by atoms with Crippen molar-refractivity contribution in [2.24, 2.45) is 47.2 Å². The molecule has 5 aliphatic heterocycles. The van der Waals surface area contributed by atoms with Crippen molar-refractivity contribution in [3.8, 4) is 17.2 Å². The van der Waals surface area contributed by atoms with Gasteiger partial charge < -0.3 is 66.0 Å². The monoisotopic (exact) mass is 1210 g/mol. The third kappa shape index (κ3) is 8.80. The molecule has 0 radical (unpaired) electrons. The van der Waals surface area contributed by atoms with Gasteiger partial charge in [-0.05, 0) is 188 Å². The van der Waals surface area contributed by atoms with Crippen LogP contribution in [-0.4, -0.2) is 90.5 Å². The Morgan fingerprint density at radius 1 is 0.989 bits per heavy atom. The Kier molecular flexibility index (Phi) is 14.0. The number of hydrogen-bond donors (Lipinski definition) is 11. The Morgan fingerprint density at radius 2 is 1.81 bits per heavy atom. The fourth-order valence-corrected chi connectivity index (χ4v) is 19.9. The average Bonchev–Trinajstić information content (AvgIpc) is 1.67. The zero-order valence-corrected chi connectivity index (χ0v) is 51.4. The molecule has 7 aliphatic carbocycles. The Balaban J connectivity index is 0.915. The van der Waals surface area contributed by atoms with Crippen molar-refractivity contribution < 1.29 is 54.4 Å². The highest BCUT2D eigenvalue weighted by Gasteiger charge is 2.65. The highest BCUT2D eigenvalue weighted by molar-refractivity contribution is 5.93. The highest BCUT2D eigenvalue weighted by Crippen LogP contribution is 2.68. The molecule has 89 heavy (non-hydrogen) atoms. The summed E-state index contributed by atoms with van der Waals surface area (Å²) in [5.74, 6) is -3.96. The van der Waals surface area contributed by atoms with Gasteiger partial charge in [0, 0.05) is 71.5 Å². The second-order valence-electron chi connectivity index (χ2n) is 28.7. The van der Waals surface area contributed by atoms with Gasteiger partial charge in [-0.3, -0.25) is 10.1 Å². The summed E-state index contributed by atoms with van der Waals surface area (Å²) in [4.78, 5) is 31.0. The summed E-state index contributed by atoms with van der Waals surface area (Å²) in [6.45, 7) is 9.36. The SMILES string of the molecule is C/C=C(\C(=O)O[C@@H]1Cc2c3c(c4oc(CO)cc(=O)c4c2O)[C@@H]2C4=CCNC(N)=C4[C@@H](CCc4ccc(O)cc4[C@H]2CO)[C@@H]2CCC4=C5C=C[C@H](C)NC5NC=C4C[C@@H]2[C@]1(C)O3)[C@@]1(O)C[C@@H]2c3cccc4c3[C@]3(C=C[C@@H]2[C@@H]1C3)C[C@H](C[C@H](O)CC(C)C)[C@H]4O. The van der Waals surface area contributed by atoms with Gasteiger partial charge >= 0.3 is 5.97 Å². The zero-order chi connectivity index (χ0) is 61.9. The molecule has 16 rings (SSSR count). The number of phenolic OH excluding ortho intramolecular Hbond substituents is 2. The number of hydrogen-bond acceptors (Lipinski definition) is 16. The van der Waals surface area contributed by atoms with Gasteiger partial charge in [0.1, 0.15) is 69.9 Å². The molecule has 16 nitrogen and oxygen atoms in total. The highest BCUT2D eigenvalue weighted by atomic mass is 16.6. The number of aryl methyl sites for hydroxylation is 1. The minimum Gasteiger partial charge on any atom is -0.508 e. The molecule has 12 aliphatic rings. The first-order valence-electron chi connectivity index (χ1n) is 32.7. The lowest BCUT2D eigenvalue weighted by atomic mass is 9.56. The fraction of sp³-hybridized carbons (Fsp3) is 0.507. The third-order valence-corrected chi connectivity index (χ3v) is 23.5. The summed E-state index contributed by atoms with van der Waals surface area (Å²) in [6.07, 6.45) is 17.4. The van der Waals surface area contributed by atoms with Crippen molar-refractivity contribution in [1.82, 2.24) is 16.0 Å². The number of rotatable bonds is 9. The maximum absolute atomic E-state index is 16.2. The lowest BCUT2D eigenvalue weighted by Gasteiger charge is -2.52. The number of carbonyl (C=O) groups excluding carboxylic acids is 1. The lowest BCUT2D eigenvalue weighted by molar-refractivity contribution is -0.172. The van der Waals surface area contributed by atoms with Crippen LogP contribution in [0.3, 0.4) is 0 Å². The van der Waals surface area contributed by atoms with Crippen molar-refractivity contribution in [1.29, 1.82) is 0 Å². The van der Waals surface area contributed by atoms with Crippen LogP contribution in [0.4, 0.5) is 0 Å². The maximum Gasteiger partial charge on any atom is 0.337 e. The molecule has 468 valence electrons. The minimum absolute atomic E-state index is 0.0118. The maximum atomic E-state index is 16.2. The average molecular weight is 1210 g/mol. The number of aliphatic hydroxyl groups excluding tert-OH is 4. The molecule has 1 unspecified atom stereocenters. The standard InChI is InChI=1S/C73H84N4O12/c1-6-54(73(86)29-52-44-18-20-72(30-56(44)73)28-37(23-40(81)22-34(2)3)64(83)49-9-7-8-46(52)63(49)72)70(85)88-58-27-51-65(84)61-57(82)26-41(32-78)87-67(61)62-59-48-19-21-75-68(74)60(48)45(15-12-36-11-13-39(80)25-50(36)53(59)33-79)43-17-16-42-38(24-55(43)71(58,5)89-66(51)62)31-76-69-47(42)14-10-35(4)77-69/h6-11,13-14,18-20,25-26,31,34-35,37,40,43-45,52-53,55-56,58-59,64,69,75-81,83-84,86H,12,15-17,21-24,27-30,32-33,74H2,1-5H3/b54-6+/t35-,37-,40+,43-,44-,45-,52-,53+,55-,56-,58+,59+,64+,69?,71-,72+,73-/m0/s1. The Labute approximate surface area is 518 Å². The number of carbonyl (C=O) groups is 1. The molecule has 1 spiro atoms. The molecule has 6 heterocycles. The van der Waals surface area contributed by atoms with E-state index in [1.165, 1.54) is 5.57 Å². The van der Waals surface area contributed by atoms with Gasteiger partial charge in [-0.15, -0.1) is 0 Å². The van der Waals surface area contributed by atoms with Crippen LogP contribution in [0.25, 0.3) is 11.0 Å². The van der Waals surface area contributed by atoms with Crippen LogP contribution in [-0.2, 0) is 34.4 Å². The predicted molar refractivity (Wildman–Crippen MR) is 335 cm³/mol. The van der Waals surface area contributed by atoms with E-state index in [2.05, 4.69) is 79.4 Å². The number of aromatic hydroxyl groups is 2. The smallest absolute Gasteiger partial charge is 0.337 e. The molecule has 0 amide bonds.